The van der Waals surface area contributed by atoms with Crippen molar-refractivity contribution in [2.75, 3.05) is 5.73 Å². The van der Waals surface area contributed by atoms with Crippen molar-refractivity contribution < 1.29 is 22.2 Å². The Hall–Kier alpha value is -3.20. The van der Waals surface area contributed by atoms with Gasteiger partial charge >= 0.3 is 6.18 Å². The number of nitrogens with two attached hydrogens (primary N) is 1. The van der Waals surface area contributed by atoms with Crippen LogP contribution in [0.5, 0.6) is 0 Å². The smallest absolute Gasteiger partial charge is 0.384 e. The summed E-state index contributed by atoms with van der Waals surface area (Å²) in [5.41, 5.74) is 8.21. The third kappa shape index (κ3) is 6.08. The Bertz CT molecular complexity index is 1210. The molecule has 1 atom stereocenters. The van der Waals surface area contributed by atoms with Gasteiger partial charge < -0.3 is 11.1 Å². The van der Waals surface area contributed by atoms with E-state index in [4.69, 9.17) is 5.73 Å². The van der Waals surface area contributed by atoms with Gasteiger partial charge in [0.1, 0.15) is 5.82 Å². The zero-order valence-electron chi connectivity index (χ0n) is 19.0. The van der Waals surface area contributed by atoms with E-state index in [0.717, 1.165) is 52.1 Å². The molecular weight excluding hydrogens is 475 g/mol. The summed E-state index contributed by atoms with van der Waals surface area (Å²) in [6.45, 7) is 0.619. The minimum Gasteiger partial charge on any atom is -0.384 e. The number of fused-ring (bicyclic) bond motifs is 1. The van der Waals surface area contributed by atoms with Crippen molar-refractivity contribution in [2.45, 2.75) is 55.0 Å². The predicted octanol–water partition coefficient (Wildman–Crippen LogP) is 5.72. The van der Waals surface area contributed by atoms with E-state index in [2.05, 4.69) is 10.3 Å². The molecule has 2 aromatic carbocycles. The fraction of sp³-hybridized carbons (Fsp3) is 0.308. The van der Waals surface area contributed by atoms with Gasteiger partial charge in [-0.05, 0) is 59.9 Å². The first-order valence-electron chi connectivity index (χ1n) is 11.4. The highest BCUT2D eigenvalue weighted by atomic mass is 32.2. The van der Waals surface area contributed by atoms with Gasteiger partial charge in [0, 0.05) is 28.5 Å². The Morgan fingerprint density at radius 2 is 1.63 bits per heavy atom. The molecule has 0 radical (unpaired) electrons. The molecule has 5 rings (SSSR count). The van der Waals surface area contributed by atoms with E-state index in [-0.39, 0.29) is 11.7 Å². The van der Waals surface area contributed by atoms with Gasteiger partial charge in [-0.15, -0.1) is 0 Å². The number of anilines is 1. The quantitative estimate of drug-likeness (QED) is 0.481. The van der Waals surface area contributed by atoms with Crippen molar-refractivity contribution in [3.63, 3.8) is 0 Å². The van der Waals surface area contributed by atoms with Crippen LogP contribution < -0.4 is 11.1 Å². The van der Waals surface area contributed by atoms with E-state index < -0.39 is 22.5 Å². The first kappa shape index (κ1) is 24.9. The minimum atomic E-state index is -4.33. The normalized spacial score (nSPS) is 16.6. The molecule has 0 saturated heterocycles. The summed E-state index contributed by atoms with van der Waals surface area (Å²) in [7, 11) is -0.904. The van der Waals surface area contributed by atoms with Crippen LogP contribution in [0.4, 0.5) is 19.0 Å². The number of nitrogen functional groups attached to an aromatic ring is 1. The number of amides is 1. The predicted molar refractivity (Wildman–Crippen MR) is 130 cm³/mol. The third-order valence-corrected chi connectivity index (χ3v) is 8.00. The summed E-state index contributed by atoms with van der Waals surface area (Å²) < 4.78 is 48.2. The first-order chi connectivity index (χ1) is 16.7. The summed E-state index contributed by atoms with van der Waals surface area (Å²) in [5, 5.41) is 3.16. The molecule has 1 aliphatic carbocycles. The molecular formula is C26H26F3N3O2S. The zero-order valence-corrected chi connectivity index (χ0v) is 19.8. The topological polar surface area (TPSA) is 85.1 Å². The summed E-state index contributed by atoms with van der Waals surface area (Å²) in [6, 6.07) is 16.0. The SMILES string of the molecule is Nc1ccc(C(F)(F)F)cn1.O=C1NCc2ccc(-c3ccc(S(=O)C4CCCCC4)cc3)cc21. The van der Waals surface area contributed by atoms with Crippen LogP contribution in [0.3, 0.4) is 0 Å². The van der Waals surface area contributed by atoms with Crippen molar-refractivity contribution in [1.82, 2.24) is 10.3 Å². The summed E-state index contributed by atoms with van der Waals surface area (Å²) in [6.07, 6.45) is 2.20. The second kappa shape index (κ2) is 10.6. The molecule has 1 fully saturated rings. The van der Waals surface area contributed by atoms with Gasteiger partial charge in [-0.1, -0.05) is 43.5 Å². The number of nitrogens with zero attached hydrogens (tertiary/aromatic N) is 1. The van der Waals surface area contributed by atoms with Crippen LogP contribution >= 0.6 is 0 Å². The molecule has 0 bridgehead atoms. The second-order valence-electron chi connectivity index (χ2n) is 8.61. The van der Waals surface area contributed by atoms with E-state index in [0.29, 0.717) is 18.0 Å². The maximum absolute atomic E-state index is 12.7. The van der Waals surface area contributed by atoms with Gasteiger partial charge in [-0.2, -0.15) is 13.2 Å². The van der Waals surface area contributed by atoms with E-state index in [1.165, 1.54) is 19.3 Å². The number of pyridine rings is 1. The van der Waals surface area contributed by atoms with Gasteiger partial charge in [-0.3, -0.25) is 9.00 Å². The largest absolute Gasteiger partial charge is 0.417 e. The van der Waals surface area contributed by atoms with Crippen molar-refractivity contribution in [3.05, 3.63) is 77.5 Å². The number of alkyl halides is 3. The average molecular weight is 502 g/mol. The molecule has 0 spiro atoms. The number of hydrogen-bond acceptors (Lipinski definition) is 4. The average Bonchev–Trinajstić information content (AvgIpc) is 3.24. The molecule has 1 aliphatic heterocycles. The summed E-state index contributed by atoms with van der Waals surface area (Å²) in [4.78, 5) is 16.0. The maximum Gasteiger partial charge on any atom is 0.417 e. The Kier molecular flexibility index (Phi) is 7.54. The van der Waals surface area contributed by atoms with Crippen LogP contribution in [0.1, 0.15) is 53.6 Å². The van der Waals surface area contributed by atoms with E-state index >= 15 is 0 Å². The lowest BCUT2D eigenvalue weighted by atomic mass is 10.0. The highest BCUT2D eigenvalue weighted by molar-refractivity contribution is 7.85. The van der Waals surface area contributed by atoms with Crippen molar-refractivity contribution >= 4 is 22.5 Å². The van der Waals surface area contributed by atoms with E-state index in [9.17, 15) is 22.2 Å². The molecule has 1 saturated carbocycles. The molecule has 5 nitrogen and oxygen atoms in total. The molecule has 3 N–H and O–H groups in total. The zero-order chi connectivity index (χ0) is 25.0. The number of carbonyl (C=O) groups is 1. The van der Waals surface area contributed by atoms with Gasteiger partial charge in [0.15, 0.2) is 0 Å². The van der Waals surface area contributed by atoms with Crippen LogP contribution in [0, 0.1) is 0 Å². The number of rotatable bonds is 3. The van der Waals surface area contributed by atoms with Crippen molar-refractivity contribution in [1.29, 1.82) is 0 Å². The van der Waals surface area contributed by atoms with Crippen LogP contribution in [-0.4, -0.2) is 20.3 Å². The van der Waals surface area contributed by atoms with Crippen LogP contribution in [0.2, 0.25) is 0 Å². The number of hydrogen-bond donors (Lipinski definition) is 2. The molecule has 1 unspecified atom stereocenters. The third-order valence-electron chi connectivity index (χ3n) is 6.18. The standard InChI is InChI=1S/C20H21NO2S.C6H5F3N2/c22-20-19-12-15(6-7-16(19)13-21-20)14-8-10-18(11-9-14)24(23)17-4-2-1-3-5-17;7-6(8,9)4-1-2-5(10)11-3-4/h6-12,17H,1-5,13H2,(H,21,22);1-3H,(H2,10,11). The van der Waals surface area contributed by atoms with Crippen LogP contribution in [-0.2, 0) is 23.5 Å². The number of benzene rings is 2. The molecule has 3 aromatic rings. The Labute approximate surface area is 204 Å². The highest BCUT2D eigenvalue weighted by Crippen LogP contribution is 2.30. The molecule has 1 aromatic heterocycles. The first-order valence-corrected chi connectivity index (χ1v) is 12.6. The van der Waals surface area contributed by atoms with Gasteiger partial charge in [0.05, 0.1) is 16.4 Å². The molecule has 35 heavy (non-hydrogen) atoms. The number of aromatic nitrogens is 1. The number of halogens is 3. The monoisotopic (exact) mass is 501 g/mol. The lowest BCUT2D eigenvalue weighted by molar-refractivity contribution is -0.137. The Morgan fingerprint density at radius 1 is 0.943 bits per heavy atom. The molecule has 2 aliphatic rings. The van der Waals surface area contributed by atoms with Gasteiger partial charge in [0.25, 0.3) is 5.91 Å². The van der Waals surface area contributed by atoms with Gasteiger partial charge in [-0.25, -0.2) is 4.98 Å². The van der Waals surface area contributed by atoms with Crippen LogP contribution in [0.25, 0.3) is 11.1 Å². The summed E-state index contributed by atoms with van der Waals surface area (Å²) >= 11 is 0. The molecule has 9 heteroatoms. The Morgan fingerprint density at radius 3 is 2.26 bits per heavy atom. The fourth-order valence-corrected chi connectivity index (χ4v) is 5.77. The number of nitrogens with one attached hydrogen (secondary N) is 1. The summed E-state index contributed by atoms with van der Waals surface area (Å²) in [5.74, 6) is 0.0832. The van der Waals surface area contributed by atoms with Crippen molar-refractivity contribution in [2.24, 2.45) is 0 Å². The van der Waals surface area contributed by atoms with E-state index in [1.807, 2.05) is 42.5 Å². The minimum absolute atomic E-state index is 0.00173. The number of carbonyl (C=O) groups excluding carboxylic acids is 1. The maximum atomic E-state index is 12.7. The highest BCUT2D eigenvalue weighted by Gasteiger charge is 2.30. The lowest BCUT2D eigenvalue weighted by Crippen LogP contribution is -2.18. The second-order valence-corrected chi connectivity index (χ2v) is 10.3. The molecule has 184 valence electrons. The van der Waals surface area contributed by atoms with E-state index in [1.54, 1.807) is 0 Å². The molecule has 2 heterocycles. The molecule has 1 amide bonds. The lowest BCUT2D eigenvalue weighted by Gasteiger charge is -2.21. The Balaban J connectivity index is 0.000000221. The van der Waals surface area contributed by atoms with Gasteiger partial charge in [0.2, 0.25) is 0 Å². The van der Waals surface area contributed by atoms with Crippen LogP contribution in [0.15, 0.2) is 65.7 Å². The van der Waals surface area contributed by atoms with Crippen molar-refractivity contribution in [3.8, 4) is 11.1 Å². The fourth-order valence-electron chi connectivity index (χ4n) is 4.22.